The number of aryl methyl sites for hydroxylation is 1. The number of nitrogens with zero attached hydrogens (tertiary/aromatic N) is 4. The van der Waals surface area contributed by atoms with Crippen LogP contribution in [0.25, 0.3) is 0 Å². The number of piperidine rings is 1. The molecule has 2 N–H and O–H groups in total. The first-order chi connectivity index (χ1) is 9.58. The molecule has 1 fully saturated rings. The third-order valence-electron chi connectivity index (χ3n) is 4.01. The van der Waals surface area contributed by atoms with Crippen molar-refractivity contribution in [1.29, 1.82) is 0 Å². The number of hydrogen-bond donors (Lipinski definition) is 1. The Morgan fingerprint density at radius 1 is 1.35 bits per heavy atom. The summed E-state index contributed by atoms with van der Waals surface area (Å²) in [5.41, 5.74) is 5.89. The van der Waals surface area contributed by atoms with Crippen LogP contribution < -0.4 is 10.6 Å². The number of aromatic nitrogens is 2. The molecule has 0 atom stereocenters. The summed E-state index contributed by atoms with van der Waals surface area (Å²) < 4.78 is 0. The smallest absolute Gasteiger partial charge is 0.134 e. The van der Waals surface area contributed by atoms with E-state index in [9.17, 15) is 0 Å². The minimum absolute atomic E-state index is 0.577. The first-order valence-corrected chi connectivity index (χ1v) is 7.61. The maximum Gasteiger partial charge on any atom is 0.134 e. The van der Waals surface area contributed by atoms with Crippen molar-refractivity contribution in [2.45, 2.75) is 32.6 Å². The maximum absolute atomic E-state index is 5.89. The molecule has 0 aliphatic carbocycles. The second-order valence-corrected chi connectivity index (χ2v) is 5.94. The summed E-state index contributed by atoms with van der Waals surface area (Å²) in [6.07, 6.45) is 4.47. The zero-order valence-electron chi connectivity index (χ0n) is 13.0. The van der Waals surface area contributed by atoms with Crippen LogP contribution in [-0.4, -0.2) is 48.6 Å². The predicted molar refractivity (Wildman–Crippen MR) is 83.9 cm³/mol. The highest BCUT2D eigenvalue weighted by molar-refractivity contribution is 5.46. The molecule has 0 unspecified atom stereocenters. The van der Waals surface area contributed by atoms with Gasteiger partial charge in [0, 0.05) is 26.1 Å². The lowest BCUT2D eigenvalue weighted by molar-refractivity contribution is 0.222. The molecule has 20 heavy (non-hydrogen) atoms. The van der Waals surface area contributed by atoms with E-state index in [1.54, 1.807) is 0 Å². The monoisotopic (exact) mass is 277 g/mol. The van der Waals surface area contributed by atoms with Gasteiger partial charge in [0.2, 0.25) is 0 Å². The molecular formula is C15H27N5. The van der Waals surface area contributed by atoms with Gasteiger partial charge in [-0.25, -0.2) is 9.97 Å². The average molecular weight is 277 g/mol. The molecule has 1 saturated heterocycles. The lowest BCUT2D eigenvalue weighted by atomic mass is 9.97. The second-order valence-electron chi connectivity index (χ2n) is 5.94. The summed E-state index contributed by atoms with van der Waals surface area (Å²) in [6.45, 7) is 5.58. The maximum atomic E-state index is 5.89. The summed E-state index contributed by atoms with van der Waals surface area (Å²) >= 11 is 0. The molecule has 5 nitrogen and oxygen atoms in total. The van der Waals surface area contributed by atoms with E-state index in [4.69, 9.17) is 5.73 Å². The Hall–Kier alpha value is -1.36. The van der Waals surface area contributed by atoms with Crippen molar-refractivity contribution < 1.29 is 0 Å². The van der Waals surface area contributed by atoms with Crippen LogP contribution in [0.1, 0.15) is 32.0 Å². The molecule has 0 radical (unpaired) electrons. The van der Waals surface area contributed by atoms with Crippen LogP contribution >= 0.6 is 0 Å². The summed E-state index contributed by atoms with van der Waals surface area (Å²) in [4.78, 5) is 13.6. The van der Waals surface area contributed by atoms with Crippen LogP contribution in [-0.2, 0) is 6.42 Å². The van der Waals surface area contributed by atoms with Crippen molar-refractivity contribution in [3.8, 4) is 0 Å². The number of nitrogens with two attached hydrogens (primary N) is 1. The van der Waals surface area contributed by atoms with Crippen LogP contribution in [0.3, 0.4) is 0 Å². The van der Waals surface area contributed by atoms with E-state index in [2.05, 4.69) is 40.8 Å². The predicted octanol–water partition coefficient (Wildman–Crippen LogP) is 1.79. The Bertz CT molecular complexity index is 426. The van der Waals surface area contributed by atoms with Crippen LogP contribution in [0.15, 0.2) is 6.07 Å². The summed E-state index contributed by atoms with van der Waals surface area (Å²) in [7, 11) is 4.30. The summed E-state index contributed by atoms with van der Waals surface area (Å²) in [5.74, 6) is 3.15. The highest BCUT2D eigenvalue weighted by Crippen LogP contribution is 2.20. The SMILES string of the molecule is CCCc1nc(N)cc(N(C)CC2CCN(C)CC2)n1. The van der Waals surface area contributed by atoms with Gasteiger partial charge in [0.05, 0.1) is 0 Å². The average Bonchev–Trinajstić information content (AvgIpc) is 2.41. The number of likely N-dealkylation sites (tertiary alicyclic amines) is 1. The van der Waals surface area contributed by atoms with E-state index in [1.165, 1.54) is 25.9 Å². The molecule has 0 amide bonds. The third kappa shape index (κ3) is 4.07. The topological polar surface area (TPSA) is 58.3 Å². The van der Waals surface area contributed by atoms with Gasteiger partial charge < -0.3 is 15.5 Å². The van der Waals surface area contributed by atoms with Crippen molar-refractivity contribution in [2.75, 3.05) is 44.4 Å². The number of hydrogen-bond acceptors (Lipinski definition) is 5. The van der Waals surface area contributed by atoms with Gasteiger partial charge >= 0.3 is 0 Å². The lowest BCUT2D eigenvalue weighted by Crippen LogP contribution is -2.36. The molecular weight excluding hydrogens is 250 g/mol. The first-order valence-electron chi connectivity index (χ1n) is 7.61. The quantitative estimate of drug-likeness (QED) is 0.889. The van der Waals surface area contributed by atoms with Crippen LogP contribution in [0.2, 0.25) is 0 Å². The van der Waals surface area contributed by atoms with Gasteiger partial charge in [0.1, 0.15) is 17.5 Å². The molecule has 1 aliphatic rings. The normalized spacial score (nSPS) is 17.4. The standard InChI is InChI=1S/C15H27N5/c1-4-5-14-17-13(16)10-15(18-14)20(3)11-12-6-8-19(2)9-7-12/h10,12H,4-9,11H2,1-3H3,(H2,16,17,18). The van der Waals surface area contributed by atoms with Crippen LogP contribution in [0, 0.1) is 5.92 Å². The second kappa shape index (κ2) is 6.88. The van der Waals surface area contributed by atoms with E-state index >= 15 is 0 Å². The molecule has 5 heteroatoms. The molecule has 0 spiro atoms. The first kappa shape index (κ1) is 15.0. The summed E-state index contributed by atoms with van der Waals surface area (Å²) in [5, 5.41) is 0. The Kier molecular flexibility index (Phi) is 5.17. The van der Waals surface area contributed by atoms with Crippen molar-refractivity contribution in [2.24, 2.45) is 5.92 Å². The minimum Gasteiger partial charge on any atom is -0.384 e. The fraction of sp³-hybridized carbons (Fsp3) is 0.733. The highest BCUT2D eigenvalue weighted by Gasteiger charge is 2.19. The third-order valence-corrected chi connectivity index (χ3v) is 4.01. The van der Waals surface area contributed by atoms with Crippen molar-refractivity contribution >= 4 is 11.6 Å². The Labute approximate surface area is 122 Å². The Morgan fingerprint density at radius 2 is 2.05 bits per heavy atom. The lowest BCUT2D eigenvalue weighted by Gasteiger charge is -2.32. The Balaban J connectivity index is 1.99. The highest BCUT2D eigenvalue weighted by atomic mass is 15.2. The molecule has 2 rings (SSSR count). The van der Waals surface area contributed by atoms with Gasteiger partial charge in [-0.3, -0.25) is 0 Å². The molecule has 0 saturated carbocycles. The Morgan fingerprint density at radius 3 is 2.70 bits per heavy atom. The molecule has 0 bridgehead atoms. The number of anilines is 2. The van der Waals surface area contributed by atoms with E-state index in [1.807, 2.05) is 6.07 Å². The van der Waals surface area contributed by atoms with Gasteiger partial charge in [-0.05, 0) is 45.3 Å². The molecule has 112 valence electrons. The van der Waals surface area contributed by atoms with E-state index in [0.29, 0.717) is 5.82 Å². The van der Waals surface area contributed by atoms with Crippen LogP contribution in [0.5, 0.6) is 0 Å². The van der Waals surface area contributed by atoms with Gasteiger partial charge in [0.15, 0.2) is 0 Å². The number of nitrogen functional groups attached to an aromatic ring is 1. The van der Waals surface area contributed by atoms with Gasteiger partial charge in [-0.2, -0.15) is 0 Å². The zero-order chi connectivity index (χ0) is 14.5. The largest absolute Gasteiger partial charge is 0.384 e. The molecule has 1 aromatic heterocycles. The fourth-order valence-electron chi connectivity index (χ4n) is 2.76. The van der Waals surface area contributed by atoms with E-state index in [-0.39, 0.29) is 0 Å². The fourth-order valence-corrected chi connectivity index (χ4v) is 2.76. The minimum atomic E-state index is 0.577. The van der Waals surface area contributed by atoms with Gasteiger partial charge in [-0.1, -0.05) is 6.92 Å². The molecule has 1 aliphatic heterocycles. The van der Waals surface area contributed by atoms with Crippen molar-refractivity contribution in [3.05, 3.63) is 11.9 Å². The van der Waals surface area contributed by atoms with Crippen molar-refractivity contribution in [1.82, 2.24) is 14.9 Å². The van der Waals surface area contributed by atoms with Gasteiger partial charge in [-0.15, -0.1) is 0 Å². The molecule has 0 aromatic carbocycles. The molecule has 1 aromatic rings. The van der Waals surface area contributed by atoms with E-state index in [0.717, 1.165) is 36.9 Å². The van der Waals surface area contributed by atoms with E-state index < -0.39 is 0 Å². The number of rotatable bonds is 5. The zero-order valence-corrected chi connectivity index (χ0v) is 13.0. The van der Waals surface area contributed by atoms with Crippen molar-refractivity contribution in [3.63, 3.8) is 0 Å². The van der Waals surface area contributed by atoms with Gasteiger partial charge in [0.25, 0.3) is 0 Å². The molecule has 2 heterocycles. The summed E-state index contributed by atoms with van der Waals surface area (Å²) in [6, 6.07) is 1.88. The van der Waals surface area contributed by atoms with Crippen LogP contribution in [0.4, 0.5) is 11.6 Å².